The Morgan fingerprint density at radius 1 is 0.632 bits per heavy atom. The zero-order chi connectivity index (χ0) is 13.0. The average Bonchev–Trinajstić information content (AvgIpc) is 2.32. The third kappa shape index (κ3) is 31.6. The largest absolute Gasteiger partial charge is 0.218 e. The third-order valence-corrected chi connectivity index (χ3v) is 1.21. The van der Waals surface area contributed by atoms with Gasteiger partial charge in [0.25, 0.3) is 0 Å². The van der Waals surface area contributed by atoms with Crippen molar-refractivity contribution in [3.63, 3.8) is 0 Å². The van der Waals surface area contributed by atoms with E-state index in [0.717, 1.165) is 0 Å². The van der Waals surface area contributed by atoms with E-state index in [0.29, 0.717) is 0 Å². The van der Waals surface area contributed by atoms with Crippen molar-refractivity contribution in [2.75, 3.05) is 0 Å². The zero-order valence-corrected chi connectivity index (χ0v) is 12.4. The number of halogens is 2. The van der Waals surface area contributed by atoms with Gasteiger partial charge in [0.05, 0.1) is 0 Å². The van der Waals surface area contributed by atoms with Crippen LogP contribution in [-0.2, 0) is 21.2 Å². The Morgan fingerprint density at radius 2 is 0.842 bits per heavy atom. The molecule has 2 rings (SSSR count). The van der Waals surface area contributed by atoms with Crippen LogP contribution in [0.4, 0.5) is 0 Å². The molecule has 0 bridgehead atoms. The van der Waals surface area contributed by atoms with Gasteiger partial charge in [-0.25, -0.2) is 9.97 Å². The Labute approximate surface area is 125 Å². The van der Waals surface area contributed by atoms with Gasteiger partial charge in [-0.2, -0.15) is 0 Å². The van der Waals surface area contributed by atoms with Crippen molar-refractivity contribution in [2.45, 2.75) is 0 Å². The van der Waals surface area contributed by atoms with Gasteiger partial charge >= 0.3 is 29.5 Å². The number of aromatic nitrogens is 2. The summed E-state index contributed by atoms with van der Waals surface area (Å²) < 4.78 is 34.4. The summed E-state index contributed by atoms with van der Waals surface area (Å²) in [5.41, 5.74) is 0. The number of H-pyrrole nitrogens is 2. The Kier molecular flexibility index (Phi) is 18.2. The van der Waals surface area contributed by atoms with Crippen LogP contribution >= 0.6 is 0 Å². The molecule has 6 nitrogen and oxygen atoms in total. The van der Waals surface area contributed by atoms with E-state index in [9.17, 15) is 0 Å². The van der Waals surface area contributed by atoms with E-state index in [1.165, 1.54) is 0 Å². The molecule has 9 heteroatoms. The Hall–Kier alpha value is -1.07. The summed E-state index contributed by atoms with van der Waals surface area (Å²) in [6.45, 7) is 0. The standard InChI is InChI=1S/2C5H5N.2ClH.Cr.4O/c2*1-2-4-6-5-3-1;;;;;;;/h2*1-5H;2*1H;;;;;/q;;;;;;;2*-1. The second kappa shape index (κ2) is 15.0. The molecule has 0 aliphatic rings. The summed E-state index contributed by atoms with van der Waals surface area (Å²) in [5, 5.41) is 0. The molecule has 2 aromatic rings. The van der Waals surface area contributed by atoms with Gasteiger partial charge < -0.3 is 24.8 Å². The molecule has 0 fully saturated rings. The molecule has 2 N–H and O–H groups in total. The van der Waals surface area contributed by atoms with Crippen molar-refractivity contribution in [1.29, 1.82) is 0 Å². The normalized spacial score (nSPS) is 8.11. The number of hydrogen-bond donors (Lipinski definition) is 0. The SMILES string of the molecule is [Cl-].[Cl-].[O]=[Cr](=[O])([O-])[O-].c1cc[nH+]cc1.c1cc[nH+]cc1. The number of hydrogen-bond acceptors (Lipinski definition) is 4. The molecule has 0 atom stereocenters. The minimum atomic E-state index is -5.75. The first-order valence-electron chi connectivity index (χ1n) is 4.49. The summed E-state index contributed by atoms with van der Waals surface area (Å²) >= 11 is -5.75. The Balaban J connectivity index is -0.000000193. The molecule has 0 unspecified atom stereocenters. The molecular formula is C10H12Cl2CrN2O4-2. The first kappa shape index (κ1) is 23.1. The van der Waals surface area contributed by atoms with Crippen LogP contribution in [0.3, 0.4) is 0 Å². The molecule has 0 saturated carbocycles. The monoisotopic (exact) mass is 346 g/mol. The third-order valence-electron chi connectivity index (χ3n) is 1.21. The average molecular weight is 347 g/mol. The maximum absolute atomic E-state index is 8.59. The first-order valence-corrected chi connectivity index (χ1v) is 6.57. The molecule has 0 aromatic carbocycles. The first-order chi connectivity index (χ1) is 8.00. The molecule has 19 heavy (non-hydrogen) atoms. The predicted molar refractivity (Wildman–Crippen MR) is 47.4 cm³/mol. The van der Waals surface area contributed by atoms with Crippen molar-refractivity contribution >= 4 is 0 Å². The quantitative estimate of drug-likeness (QED) is 0.472. The number of aromatic amines is 2. The minimum absolute atomic E-state index is 0. The van der Waals surface area contributed by atoms with E-state index < -0.39 is 13.6 Å². The molecule has 0 saturated heterocycles. The summed E-state index contributed by atoms with van der Waals surface area (Å²) in [5.74, 6) is 0. The van der Waals surface area contributed by atoms with E-state index in [-0.39, 0.29) is 24.8 Å². The second-order valence-corrected chi connectivity index (χ2v) is 3.84. The van der Waals surface area contributed by atoms with Crippen LogP contribution in [0.15, 0.2) is 61.2 Å². The van der Waals surface area contributed by atoms with E-state index in [4.69, 9.17) is 15.9 Å². The van der Waals surface area contributed by atoms with Crippen LogP contribution in [0, 0.1) is 0 Å². The van der Waals surface area contributed by atoms with Gasteiger partial charge in [-0.3, -0.25) is 0 Å². The van der Waals surface area contributed by atoms with Gasteiger partial charge in [-0.15, -0.1) is 0 Å². The van der Waals surface area contributed by atoms with Gasteiger partial charge in [0.2, 0.25) is 0 Å². The summed E-state index contributed by atoms with van der Waals surface area (Å²) in [6.07, 6.45) is 7.50. The van der Waals surface area contributed by atoms with Gasteiger partial charge in [0.1, 0.15) is 0 Å². The topological polar surface area (TPSA) is 109 Å². The molecule has 0 aliphatic carbocycles. The number of rotatable bonds is 0. The summed E-state index contributed by atoms with van der Waals surface area (Å²) in [4.78, 5) is 5.78. The molecule has 2 heterocycles. The van der Waals surface area contributed by atoms with Gasteiger partial charge in [0, 0.05) is 24.3 Å². The maximum Gasteiger partial charge on any atom is 0.166 e. The van der Waals surface area contributed by atoms with Crippen LogP contribution < -0.4 is 43.1 Å². The fraction of sp³-hybridized carbons (Fsp3) is 0. The number of nitrogens with one attached hydrogen (secondary N) is 2. The van der Waals surface area contributed by atoms with E-state index in [1.54, 1.807) is 0 Å². The van der Waals surface area contributed by atoms with Crippen molar-refractivity contribution in [1.82, 2.24) is 0 Å². The Bertz CT molecular complexity index is 378. The molecular weight excluding hydrogens is 335 g/mol. The van der Waals surface area contributed by atoms with Crippen LogP contribution in [-0.4, -0.2) is 0 Å². The van der Waals surface area contributed by atoms with Crippen LogP contribution in [0.2, 0.25) is 0 Å². The van der Waals surface area contributed by atoms with Gasteiger partial charge in [0.15, 0.2) is 24.8 Å². The fourth-order valence-corrected chi connectivity index (χ4v) is 0.684. The van der Waals surface area contributed by atoms with Gasteiger partial charge in [-0.05, 0) is 0 Å². The number of pyridine rings is 2. The molecule has 0 radical (unpaired) electrons. The molecule has 0 aliphatic heterocycles. The Morgan fingerprint density at radius 3 is 0.895 bits per heavy atom. The smallest absolute Gasteiger partial charge is 0.166 e. The molecule has 0 amide bonds. The van der Waals surface area contributed by atoms with Crippen LogP contribution in [0.25, 0.3) is 0 Å². The molecule has 108 valence electrons. The van der Waals surface area contributed by atoms with Crippen molar-refractivity contribution in [3.8, 4) is 0 Å². The fourth-order valence-electron chi connectivity index (χ4n) is 0.684. The minimum Gasteiger partial charge on any atom is -0.218 e. The van der Waals surface area contributed by atoms with Crippen molar-refractivity contribution < 1.29 is 64.3 Å². The van der Waals surface area contributed by atoms with E-state index >= 15 is 0 Å². The summed E-state index contributed by atoms with van der Waals surface area (Å²) in [7, 11) is 0. The van der Waals surface area contributed by atoms with Crippen LogP contribution in [0.1, 0.15) is 0 Å². The molecule has 2 aromatic heterocycles. The van der Waals surface area contributed by atoms with Crippen molar-refractivity contribution in [3.05, 3.63) is 61.2 Å². The van der Waals surface area contributed by atoms with Gasteiger partial charge in [-0.1, -0.05) is 12.1 Å². The maximum atomic E-state index is 8.59. The summed E-state index contributed by atoms with van der Waals surface area (Å²) in [6, 6.07) is 11.7. The van der Waals surface area contributed by atoms with E-state index in [2.05, 4.69) is 9.97 Å². The predicted octanol–water partition coefficient (Wildman–Crippen LogP) is -7.61. The zero-order valence-electron chi connectivity index (χ0n) is 9.57. The van der Waals surface area contributed by atoms with Crippen molar-refractivity contribution in [2.24, 2.45) is 0 Å². The molecule has 0 spiro atoms. The van der Waals surface area contributed by atoms with E-state index in [1.807, 2.05) is 61.2 Å². The van der Waals surface area contributed by atoms with Crippen LogP contribution in [0.5, 0.6) is 0 Å². The second-order valence-electron chi connectivity index (χ2n) is 2.56.